The van der Waals surface area contributed by atoms with Crippen molar-refractivity contribution in [2.45, 2.75) is 43.2 Å². The van der Waals surface area contributed by atoms with E-state index in [0.29, 0.717) is 18.9 Å². The Bertz CT molecular complexity index is 616. The van der Waals surface area contributed by atoms with Gasteiger partial charge in [0.1, 0.15) is 16.5 Å². The molecular weight excluding hydrogens is 366 g/mol. The van der Waals surface area contributed by atoms with E-state index in [1.807, 2.05) is 0 Å². The summed E-state index contributed by atoms with van der Waals surface area (Å²) in [6, 6.07) is 0.884. The Balaban J connectivity index is 2.55. The molecule has 2 unspecified atom stereocenters. The quantitative estimate of drug-likeness (QED) is 0.873. The van der Waals surface area contributed by atoms with Gasteiger partial charge in [0.2, 0.25) is 10.0 Å². The molecule has 0 spiro atoms. The molecule has 4 nitrogen and oxygen atoms in total. The van der Waals surface area contributed by atoms with E-state index in [0.717, 1.165) is 12.5 Å². The van der Waals surface area contributed by atoms with Gasteiger partial charge in [-0.15, -0.1) is 0 Å². The molecular formula is C13H17BrF2N2O2S. The molecule has 2 rings (SSSR count). The monoisotopic (exact) mass is 382 g/mol. The molecule has 2 atom stereocenters. The lowest BCUT2D eigenvalue weighted by atomic mass is 10.00. The zero-order chi connectivity index (χ0) is 15.8. The van der Waals surface area contributed by atoms with Crippen LogP contribution in [0.2, 0.25) is 0 Å². The summed E-state index contributed by atoms with van der Waals surface area (Å²) < 4.78 is 53.9. The van der Waals surface area contributed by atoms with Crippen LogP contribution in [0.5, 0.6) is 0 Å². The van der Waals surface area contributed by atoms with Crippen molar-refractivity contribution in [1.29, 1.82) is 0 Å². The average Bonchev–Trinajstić information content (AvgIpc) is 2.36. The molecule has 0 bridgehead atoms. The van der Waals surface area contributed by atoms with Crippen molar-refractivity contribution in [3.63, 3.8) is 0 Å². The third-order valence-corrected chi connectivity index (χ3v) is 6.76. The van der Waals surface area contributed by atoms with Gasteiger partial charge in [0, 0.05) is 29.2 Å². The van der Waals surface area contributed by atoms with E-state index < -0.39 is 26.6 Å². The fourth-order valence-corrected chi connectivity index (χ4v) is 5.81. The second-order valence-corrected chi connectivity index (χ2v) is 7.84. The second-order valence-electron chi connectivity index (χ2n) is 5.20. The molecule has 1 aliphatic heterocycles. The van der Waals surface area contributed by atoms with E-state index in [1.165, 1.54) is 4.31 Å². The van der Waals surface area contributed by atoms with E-state index in [-0.39, 0.29) is 23.1 Å². The van der Waals surface area contributed by atoms with Crippen LogP contribution < -0.4 is 5.73 Å². The van der Waals surface area contributed by atoms with Crippen molar-refractivity contribution in [3.8, 4) is 0 Å². The maximum absolute atomic E-state index is 14.0. The summed E-state index contributed by atoms with van der Waals surface area (Å²) in [5, 5.41) is 0. The number of nitrogens with two attached hydrogens (primary N) is 1. The SMILES string of the molecule is CC1CCCC(CN)N1S(=O)(=O)c1c(F)cc(F)cc1Br. The lowest BCUT2D eigenvalue weighted by Gasteiger charge is -2.39. The molecule has 0 aliphatic carbocycles. The summed E-state index contributed by atoms with van der Waals surface area (Å²) >= 11 is 2.95. The summed E-state index contributed by atoms with van der Waals surface area (Å²) in [5.74, 6) is -1.93. The predicted molar refractivity (Wildman–Crippen MR) is 79.2 cm³/mol. The van der Waals surface area contributed by atoms with Gasteiger partial charge in [-0.1, -0.05) is 6.42 Å². The first kappa shape index (κ1) is 16.8. The van der Waals surface area contributed by atoms with Gasteiger partial charge in [-0.05, 0) is 41.8 Å². The number of hydrogen-bond donors (Lipinski definition) is 1. The largest absolute Gasteiger partial charge is 0.329 e. The summed E-state index contributed by atoms with van der Waals surface area (Å²) in [6.45, 7) is 1.94. The molecule has 0 radical (unpaired) electrons. The minimum atomic E-state index is -4.09. The van der Waals surface area contributed by atoms with E-state index in [9.17, 15) is 17.2 Å². The van der Waals surface area contributed by atoms with Gasteiger partial charge in [-0.2, -0.15) is 4.31 Å². The van der Waals surface area contributed by atoms with Crippen LogP contribution in [0.25, 0.3) is 0 Å². The highest BCUT2D eigenvalue weighted by Gasteiger charge is 2.39. The van der Waals surface area contributed by atoms with Crippen LogP contribution in [0.4, 0.5) is 8.78 Å². The Kier molecular flexibility index (Phi) is 5.02. The third kappa shape index (κ3) is 3.13. The molecule has 2 N–H and O–H groups in total. The number of piperidine rings is 1. The Morgan fingerprint density at radius 3 is 2.62 bits per heavy atom. The summed E-state index contributed by atoms with van der Waals surface area (Å²) in [5.41, 5.74) is 5.66. The van der Waals surface area contributed by atoms with E-state index in [2.05, 4.69) is 15.9 Å². The highest BCUT2D eigenvalue weighted by Crippen LogP contribution is 2.34. The van der Waals surface area contributed by atoms with Crippen LogP contribution in [0.3, 0.4) is 0 Å². The van der Waals surface area contributed by atoms with Crippen LogP contribution in [0.1, 0.15) is 26.2 Å². The molecule has 1 aromatic carbocycles. The number of hydrogen-bond acceptors (Lipinski definition) is 3. The first-order valence-electron chi connectivity index (χ1n) is 6.67. The van der Waals surface area contributed by atoms with Gasteiger partial charge >= 0.3 is 0 Å². The summed E-state index contributed by atoms with van der Waals surface area (Å²) in [7, 11) is -4.09. The molecule has 1 fully saturated rings. The van der Waals surface area contributed by atoms with Gasteiger partial charge in [0.15, 0.2) is 0 Å². The molecule has 118 valence electrons. The maximum Gasteiger partial charge on any atom is 0.247 e. The van der Waals surface area contributed by atoms with Gasteiger partial charge in [-0.25, -0.2) is 17.2 Å². The molecule has 1 aliphatic rings. The lowest BCUT2D eigenvalue weighted by molar-refractivity contribution is 0.195. The molecule has 0 saturated carbocycles. The minimum absolute atomic E-state index is 0.117. The topological polar surface area (TPSA) is 63.4 Å². The highest BCUT2D eigenvalue weighted by atomic mass is 79.9. The van der Waals surface area contributed by atoms with Gasteiger partial charge in [-0.3, -0.25) is 0 Å². The predicted octanol–water partition coefficient (Wildman–Crippen LogP) is 2.62. The third-order valence-electron chi connectivity index (χ3n) is 3.72. The zero-order valence-electron chi connectivity index (χ0n) is 11.5. The highest BCUT2D eigenvalue weighted by molar-refractivity contribution is 9.10. The van der Waals surface area contributed by atoms with Crippen molar-refractivity contribution in [2.24, 2.45) is 5.73 Å². The van der Waals surface area contributed by atoms with Gasteiger partial charge < -0.3 is 5.73 Å². The van der Waals surface area contributed by atoms with Gasteiger partial charge in [0.05, 0.1) is 0 Å². The molecule has 0 amide bonds. The van der Waals surface area contributed by atoms with Crippen molar-refractivity contribution in [3.05, 3.63) is 28.2 Å². The number of sulfonamides is 1. The van der Waals surface area contributed by atoms with Crippen molar-refractivity contribution >= 4 is 26.0 Å². The second kappa shape index (κ2) is 6.28. The fraction of sp³-hybridized carbons (Fsp3) is 0.538. The Morgan fingerprint density at radius 1 is 1.38 bits per heavy atom. The fourth-order valence-electron chi connectivity index (χ4n) is 2.80. The van der Waals surface area contributed by atoms with E-state index >= 15 is 0 Å². The molecule has 1 aromatic rings. The number of benzene rings is 1. The van der Waals surface area contributed by atoms with Crippen LogP contribution in [0.15, 0.2) is 21.5 Å². The molecule has 1 saturated heterocycles. The van der Waals surface area contributed by atoms with Crippen molar-refractivity contribution < 1.29 is 17.2 Å². The minimum Gasteiger partial charge on any atom is -0.329 e. The van der Waals surface area contributed by atoms with Crippen LogP contribution >= 0.6 is 15.9 Å². The smallest absolute Gasteiger partial charge is 0.247 e. The number of nitrogens with zero attached hydrogens (tertiary/aromatic N) is 1. The first-order chi connectivity index (χ1) is 9.78. The standard InChI is InChI=1S/C13H17BrF2N2O2S/c1-8-3-2-4-10(7-17)18(8)21(19,20)13-11(14)5-9(15)6-12(13)16/h5-6,8,10H,2-4,7,17H2,1H3. The molecule has 21 heavy (non-hydrogen) atoms. The summed E-state index contributed by atoms with van der Waals surface area (Å²) in [4.78, 5) is -0.531. The molecule has 0 aromatic heterocycles. The van der Waals surface area contributed by atoms with Gasteiger partial charge in [0.25, 0.3) is 0 Å². The maximum atomic E-state index is 14.0. The lowest BCUT2D eigenvalue weighted by Crippen LogP contribution is -2.51. The Labute approximate surface area is 131 Å². The van der Waals surface area contributed by atoms with Crippen LogP contribution in [0, 0.1) is 11.6 Å². The normalized spacial score (nSPS) is 24.2. The summed E-state index contributed by atoms with van der Waals surface area (Å²) in [6.07, 6.45) is 2.21. The van der Waals surface area contributed by atoms with Crippen molar-refractivity contribution in [1.82, 2.24) is 4.31 Å². The first-order valence-corrected chi connectivity index (χ1v) is 8.90. The van der Waals surface area contributed by atoms with Crippen LogP contribution in [-0.2, 0) is 10.0 Å². The van der Waals surface area contributed by atoms with E-state index in [1.54, 1.807) is 6.92 Å². The Hall–Kier alpha value is -0.570. The molecule has 8 heteroatoms. The van der Waals surface area contributed by atoms with Crippen LogP contribution in [-0.4, -0.2) is 31.4 Å². The number of rotatable bonds is 3. The van der Waals surface area contributed by atoms with Crippen molar-refractivity contribution in [2.75, 3.05) is 6.54 Å². The zero-order valence-corrected chi connectivity index (χ0v) is 13.9. The molecule has 1 heterocycles. The average molecular weight is 383 g/mol. The number of halogens is 3. The Morgan fingerprint density at radius 2 is 2.05 bits per heavy atom. The van der Waals surface area contributed by atoms with E-state index in [4.69, 9.17) is 5.73 Å².